The highest BCUT2D eigenvalue weighted by Gasteiger charge is 2.41. The van der Waals surface area contributed by atoms with Gasteiger partial charge in [0.2, 0.25) is 41.4 Å². The Morgan fingerprint density at radius 2 is 1.21 bits per heavy atom. The average molecular weight is 808 g/mol. The first-order valence-electron chi connectivity index (χ1n) is 19.6. The maximum atomic E-state index is 13.8. The SMILES string of the molecule is CC(C)[C@H](NC(=O)[C@H](CCCCN)NC(=O)[C@@H](N)CCCN=C(N)N)C(=O)N[C@@H](CCCN=C(N)N)C(=O)NCC(=O)N1CCC[C@H]1C(=O)N1CCC[C@H]1C(N)=O. The van der Waals surface area contributed by atoms with Gasteiger partial charge >= 0.3 is 0 Å². The van der Waals surface area contributed by atoms with Crippen molar-refractivity contribution in [1.29, 1.82) is 0 Å². The van der Waals surface area contributed by atoms with E-state index in [2.05, 4.69) is 31.3 Å². The number of nitrogens with one attached hydrogen (secondary N) is 4. The number of guanidine groups is 2. The second-order valence-corrected chi connectivity index (χ2v) is 14.7. The molecule has 6 atom stereocenters. The molecule has 57 heavy (non-hydrogen) atoms. The molecule has 0 aromatic heterocycles. The summed E-state index contributed by atoms with van der Waals surface area (Å²) in [5.74, 6) is -4.74. The predicted octanol–water partition coefficient (Wildman–Crippen LogP) is -4.76. The van der Waals surface area contributed by atoms with E-state index in [0.717, 1.165) is 0 Å². The highest BCUT2D eigenvalue weighted by Crippen LogP contribution is 2.25. The number of carbonyl (C=O) groups excluding carboxylic acids is 7. The molecule has 2 saturated heterocycles. The van der Waals surface area contributed by atoms with Crippen molar-refractivity contribution in [1.82, 2.24) is 31.1 Å². The molecule has 0 aromatic rings. The molecule has 0 saturated carbocycles. The van der Waals surface area contributed by atoms with Crippen LogP contribution < -0.4 is 61.4 Å². The number of aliphatic imine (C=N–C) groups is 2. The largest absolute Gasteiger partial charge is 0.370 e. The molecule has 0 unspecified atom stereocenters. The van der Waals surface area contributed by atoms with Crippen LogP contribution in [-0.4, -0.2) is 139 Å². The van der Waals surface area contributed by atoms with E-state index < -0.39 is 84.2 Å². The number of nitrogens with zero attached hydrogens (tertiary/aromatic N) is 4. The third-order valence-electron chi connectivity index (χ3n) is 9.85. The first-order chi connectivity index (χ1) is 27.0. The Balaban J connectivity index is 2.15. The molecule has 0 aliphatic carbocycles. The van der Waals surface area contributed by atoms with Crippen molar-refractivity contribution in [3.63, 3.8) is 0 Å². The number of hydrogen-bond acceptors (Lipinski definition) is 11. The molecule has 2 aliphatic rings. The van der Waals surface area contributed by atoms with Gasteiger partial charge in [-0.25, -0.2) is 0 Å². The van der Waals surface area contributed by atoms with Crippen LogP contribution in [-0.2, 0) is 33.6 Å². The number of carbonyl (C=O) groups is 7. The zero-order chi connectivity index (χ0) is 42.7. The fourth-order valence-electron chi connectivity index (χ4n) is 6.74. The molecular formula is C35H65N15O7. The normalized spacial score (nSPS) is 18.5. The smallest absolute Gasteiger partial charge is 0.246 e. The minimum absolute atomic E-state index is 0.0639. The molecule has 0 aromatic carbocycles. The van der Waals surface area contributed by atoms with Gasteiger partial charge in [0.15, 0.2) is 11.9 Å². The van der Waals surface area contributed by atoms with Crippen LogP contribution in [0.1, 0.15) is 84.5 Å². The van der Waals surface area contributed by atoms with Crippen LogP contribution >= 0.6 is 0 Å². The summed E-state index contributed by atoms with van der Waals surface area (Å²) >= 11 is 0. The molecule has 322 valence electrons. The summed E-state index contributed by atoms with van der Waals surface area (Å²) in [6, 6.07) is -5.83. The van der Waals surface area contributed by atoms with Crippen molar-refractivity contribution >= 4 is 53.3 Å². The van der Waals surface area contributed by atoms with Gasteiger partial charge in [-0.05, 0) is 83.1 Å². The van der Waals surface area contributed by atoms with Crippen LogP contribution in [0, 0.1) is 5.92 Å². The molecule has 7 amide bonds. The second-order valence-electron chi connectivity index (χ2n) is 14.7. The summed E-state index contributed by atoms with van der Waals surface area (Å²) in [6.07, 6.45) is 4.36. The lowest BCUT2D eigenvalue weighted by Crippen LogP contribution is -2.59. The van der Waals surface area contributed by atoms with Crippen LogP contribution in [0.25, 0.3) is 0 Å². The van der Waals surface area contributed by atoms with Crippen molar-refractivity contribution in [2.24, 2.45) is 56.0 Å². The minimum Gasteiger partial charge on any atom is -0.370 e. The Morgan fingerprint density at radius 1 is 0.667 bits per heavy atom. The van der Waals surface area contributed by atoms with Gasteiger partial charge in [-0.15, -0.1) is 0 Å². The first-order valence-corrected chi connectivity index (χ1v) is 19.6. The second kappa shape index (κ2) is 24.4. The maximum Gasteiger partial charge on any atom is 0.246 e. The van der Waals surface area contributed by atoms with Crippen molar-refractivity contribution in [3.8, 4) is 0 Å². The lowest BCUT2D eigenvalue weighted by molar-refractivity contribution is -0.146. The molecule has 2 aliphatic heterocycles. The zero-order valence-corrected chi connectivity index (χ0v) is 33.3. The van der Waals surface area contributed by atoms with Crippen LogP contribution in [0.15, 0.2) is 9.98 Å². The molecule has 22 heteroatoms. The number of nitrogens with two attached hydrogens (primary N) is 7. The van der Waals surface area contributed by atoms with E-state index in [4.69, 9.17) is 40.1 Å². The van der Waals surface area contributed by atoms with Gasteiger partial charge in [0.1, 0.15) is 30.2 Å². The molecule has 0 radical (unpaired) electrons. The van der Waals surface area contributed by atoms with E-state index in [1.54, 1.807) is 13.8 Å². The van der Waals surface area contributed by atoms with Crippen LogP contribution in [0.2, 0.25) is 0 Å². The summed E-state index contributed by atoms with van der Waals surface area (Å²) in [4.78, 5) is 103. The van der Waals surface area contributed by atoms with Crippen LogP contribution in [0.4, 0.5) is 0 Å². The zero-order valence-electron chi connectivity index (χ0n) is 33.3. The van der Waals surface area contributed by atoms with Crippen LogP contribution in [0.5, 0.6) is 0 Å². The lowest BCUT2D eigenvalue weighted by Gasteiger charge is -2.30. The topological polar surface area (TPSA) is 381 Å². The number of hydrogen-bond donors (Lipinski definition) is 11. The maximum absolute atomic E-state index is 13.8. The number of likely N-dealkylation sites (tertiary alicyclic amines) is 2. The third kappa shape index (κ3) is 16.0. The average Bonchev–Trinajstić information content (AvgIpc) is 3.86. The number of primary amides is 1. The third-order valence-corrected chi connectivity index (χ3v) is 9.85. The first kappa shape index (κ1) is 47.9. The minimum atomic E-state index is -1.17. The van der Waals surface area contributed by atoms with Gasteiger partial charge in [-0.3, -0.25) is 43.5 Å². The number of rotatable bonds is 24. The molecule has 0 spiro atoms. The molecule has 2 rings (SSSR count). The molecule has 22 nitrogen and oxygen atoms in total. The van der Waals surface area contributed by atoms with Crippen molar-refractivity contribution in [2.45, 2.75) is 121 Å². The Hall–Kier alpha value is -5.25. The Labute approximate surface area is 333 Å². The molecular weight excluding hydrogens is 742 g/mol. The summed E-state index contributed by atoms with van der Waals surface area (Å²) in [7, 11) is 0. The summed E-state index contributed by atoms with van der Waals surface area (Å²) in [6.45, 7) is 4.38. The monoisotopic (exact) mass is 808 g/mol. The standard InChI is InChI=1S/C35H65N15O7/c1-20(2)27(48-31(55)23(10-3-4-14-36)46-29(53)21(37)9-5-15-43-34(39)40)32(56)47-22(11-6-16-44-35(41)42)30(54)45-19-26(51)49-17-8-13-25(49)33(57)50-18-7-12-24(50)28(38)52/h20-25,27H,3-19,36-37H2,1-2H3,(H2,38,52)(H,45,54)(H,46,53)(H,47,56)(H,48,55)(H4,39,40,43)(H4,41,42,44)/t21-,22-,23-,24-,25-,27-/m0/s1. The molecule has 0 bridgehead atoms. The van der Waals surface area contributed by atoms with Gasteiger partial charge in [-0.1, -0.05) is 13.8 Å². The van der Waals surface area contributed by atoms with Crippen LogP contribution in [0.3, 0.4) is 0 Å². The van der Waals surface area contributed by atoms with E-state index in [9.17, 15) is 33.6 Å². The van der Waals surface area contributed by atoms with E-state index in [1.807, 2.05) is 0 Å². The predicted molar refractivity (Wildman–Crippen MR) is 213 cm³/mol. The summed E-state index contributed by atoms with van der Waals surface area (Å²) < 4.78 is 0. The van der Waals surface area contributed by atoms with Gasteiger partial charge in [-0.2, -0.15) is 0 Å². The lowest BCUT2D eigenvalue weighted by atomic mass is 10.0. The highest BCUT2D eigenvalue weighted by atomic mass is 16.2. The van der Waals surface area contributed by atoms with E-state index >= 15 is 0 Å². The van der Waals surface area contributed by atoms with Crippen molar-refractivity contribution in [3.05, 3.63) is 0 Å². The Bertz CT molecular complexity index is 1450. The van der Waals surface area contributed by atoms with Crippen molar-refractivity contribution < 1.29 is 33.6 Å². The summed E-state index contributed by atoms with van der Waals surface area (Å²) in [5.41, 5.74) is 38.8. The van der Waals surface area contributed by atoms with Gasteiger partial charge in [0.05, 0.1) is 12.6 Å². The van der Waals surface area contributed by atoms with Crippen molar-refractivity contribution in [2.75, 3.05) is 39.3 Å². The van der Waals surface area contributed by atoms with E-state index in [-0.39, 0.29) is 63.1 Å². The molecule has 18 N–H and O–H groups in total. The van der Waals surface area contributed by atoms with E-state index in [1.165, 1.54) is 9.80 Å². The van der Waals surface area contributed by atoms with Gasteiger partial charge < -0.3 is 71.2 Å². The number of amides is 7. The summed E-state index contributed by atoms with van der Waals surface area (Å²) in [5, 5.41) is 10.7. The van der Waals surface area contributed by atoms with Gasteiger partial charge in [0.25, 0.3) is 0 Å². The molecule has 2 heterocycles. The Morgan fingerprint density at radius 3 is 1.79 bits per heavy atom. The fraction of sp³-hybridized carbons (Fsp3) is 0.743. The quantitative estimate of drug-likeness (QED) is 0.0248. The fourth-order valence-corrected chi connectivity index (χ4v) is 6.74. The van der Waals surface area contributed by atoms with Gasteiger partial charge in [0, 0.05) is 26.2 Å². The van der Waals surface area contributed by atoms with E-state index in [0.29, 0.717) is 58.0 Å². The number of unbranched alkanes of at least 4 members (excludes halogenated alkanes) is 1. The molecule has 2 fully saturated rings. The highest BCUT2D eigenvalue weighted by molar-refractivity contribution is 5.96. The Kier molecular flexibility index (Phi) is 20.5.